The summed E-state index contributed by atoms with van der Waals surface area (Å²) in [5.74, 6) is 5.91. The number of hydrogen-bond donors (Lipinski definition) is 2. The zero-order valence-electron chi connectivity index (χ0n) is 7.92. The first kappa shape index (κ1) is 8.12. The molecule has 0 aliphatic carbocycles. The third kappa shape index (κ3) is 0.931. The second-order valence-corrected chi connectivity index (χ2v) is 3.10. The number of hydrazine groups is 1. The van der Waals surface area contributed by atoms with Gasteiger partial charge in [-0.1, -0.05) is 0 Å². The molecule has 3 heterocycles. The van der Waals surface area contributed by atoms with Gasteiger partial charge in [-0.3, -0.25) is 4.68 Å². The van der Waals surface area contributed by atoms with Crippen LogP contribution in [0, 0.1) is 0 Å². The van der Waals surface area contributed by atoms with Gasteiger partial charge in [0.15, 0.2) is 11.5 Å². The Morgan fingerprint density at radius 1 is 1.40 bits per heavy atom. The average molecular weight is 204 g/mol. The van der Waals surface area contributed by atoms with Gasteiger partial charge in [-0.25, -0.2) is 10.8 Å². The molecule has 0 aromatic carbocycles. The van der Waals surface area contributed by atoms with Gasteiger partial charge in [0.2, 0.25) is 0 Å². The van der Waals surface area contributed by atoms with E-state index in [0.29, 0.717) is 11.5 Å². The standard InChI is InChI=1S/C7H8N8/c1-14-5-4(2-10-14)7-9-3-11-15(7)13-6(5)12-8/h2-3H,8H2,1H3,(H,12,13). The Balaban J connectivity index is 2.60. The Hall–Kier alpha value is -2.22. The van der Waals surface area contributed by atoms with Gasteiger partial charge >= 0.3 is 0 Å². The van der Waals surface area contributed by atoms with E-state index in [4.69, 9.17) is 5.84 Å². The number of fused-ring (bicyclic) bond motifs is 3. The van der Waals surface area contributed by atoms with Crippen LogP contribution in [0.25, 0.3) is 16.6 Å². The van der Waals surface area contributed by atoms with Crippen molar-refractivity contribution >= 4 is 22.4 Å². The highest BCUT2D eigenvalue weighted by molar-refractivity contribution is 5.96. The first-order valence-electron chi connectivity index (χ1n) is 4.29. The summed E-state index contributed by atoms with van der Waals surface area (Å²) in [5.41, 5.74) is 3.99. The molecule has 0 atom stereocenters. The van der Waals surface area contributed by atoms with E-state index in [2.05, 4.69) is 25.7 Å². The summed E-state index contributed by atoms with van der Waals surface area (Å²) in [5, 5.41) is 13.1. The third-order valence-corrected chi connectivity index (χ3v) is 2.27. The number of aryl methyl sites for hydroxylation is 1. The van der Waals surface area contributed by atoms with Crippen LogP contribution in [-0.2, 0) is 7.05 Å². The quantitative estimate of drug-likeness (QED) is 0.401. The summed E-state index contributed by atoms with van der Waals surface area (Å²) in [6, 6.07) is 0. The molecule has 0 unspecified atom stereocenters. The molecule has 0 aliphatic heterocycles. The monoisotopic (exact) mass is 204 g/mol. The Morgan fingerprint density at radius 2 is 2.27 bits per heavy atom. The Morgan fingerprint density at radius 3 is 3.07 bits per heavy atom. The fourth-order valence-corrected chi connectivity index (χ4v) is 1.61. The van der Waals surface area contributed by atoms with E-state index in [1.807, 2.05) is 7.05 Å². The lowest BCUT2D eigenvalue weighted by Gasteiger charge is -2.02. The van der Waals surface area contributed by atoms with E-state index < -0.39 is 0 Å². The number of nitrogens with one attached hydrogen (secondary N) is 1. The van der Waals surface area contributed by atoms with Crippen LogP contribution in [0.15, 0.2) is 12.5 Å². The van der Waals surface area contributed by atoms with Crippen molar-refractivity contribution in [2.24, 2.45) is 12.9 Å². The van der Waals surface area contributed by atoms with Gasteiger partial charge in [-0.05, 0) is 0 Å². The van der Waals surface area contributed by atoms with Crippen LogP contribution in [-0.4, -0.2) is 29.6 Å². The topological polar surface area (TPSA) is 99.0 Å². The van der Waals surface area contributed by atoms with E-state index in [0.717, 1.165) is 10.9 Å². The smallest absolute Gasteiger partial charge is 0.189 e. The molecule has 0 saturated heterocycles. The number of rotatable bonds is 1. The predicted molar refractivity (Wildman–Crippen MR) is 52.9 cm³/mol. The second kappa shape index (κ2) is 2.64. The fraction of sp³-hybridized carbons (Fsp3) is 0.143. The number of aromatic nitrogens is 6. The maximum absolute atomic E-state index is 5.39. The van der Waals surface area contributed by atoms with Crippen LogP contribution >= 0.6 is 0 Å². The Bertz CT molecular complexity index is 635. The molecule has 8 nitrogen and oxygen atoms in total. The van der Waals surface area contributed by atoms with Crippen LogP contribution in [0.5, 0.6) is 0 Å². The molecule has 0 radical (unpaired) electrons. The minimum Gasteiger partial charge on any atom is -0.305 e. The highest BCUT2D eigenvalue weighted by atomic mass is 15.5. The maximum atomic E-state index is 5.39. The van der Waals surface area contributed by atoms with Crippen LogP contribution in [0.1, 0.15) is 0 Å². The van der Waals surface area contributed by atoms with Gasteiger partial charge in [0.05, 0.1) is 11.6 Å². The Kier molecular flexibility index (Phi) is 1.43. The molecule has 76 valence electrons. The third-order valence-electron chi connectivity index (χ3n) is 2.27. The van der Waals surface area contributed by atoms with Crippen molar-refractivity contribution in [3.8, 4) is 0 Å². The molecule has 15 heavy (non-hydrogen) atoms. The van der Waals surface area contributed by atoms with Crippen molar-refractivity contribution in [1.29, 1.82) is 0 Å². The van der Waals surface area contributed by atoms with Crippen LogP contribution in [0.3, 0.4) is 0 Å². The van der Waals surface area contributed by atoms with Crippen molar-refractivity contribution in [2.45, 2.75) is 0 Å². The number of nitrogen functional groups attached to an aromatic ring is 1. The first-order chi connectivity index (χ1) is 7.31. The van der Waals surface area contributed by atoms with Gasteiger partial charge in [0, 0.05) is 7.05 Å². The molecule has 3 rings (SSSR count). The summed E-state index contributed by atoms with van der Waals surface area (Å²) in [7, 11) is 1.82. The second-order valence-electron chi connectivity index (χ2n) is 3.10. The van der Waals surface area contributed by atoms with Gasteiger partial charge in [-0.2, -0.15) is 5.10 Å². The first-order valence-corrected chi connectivity index (χ1v) is 4.29. The summed E-state index contributed by atoms with van der Waals surface area (Å²) >= 11 is 0. The minimum atomic E-state index is 0.517. The van der Waals surface area contributed by atoms with E-state index in [-0.39, 0.29) is 0 Å². The normalized spacial score (nSPS) is 11.3. The van der Waals surface area contributed by atoms with E-state index in [1.54, 1.807) is 10.9 Å². The molecular weight excluding hydrogens is 196 g/mol. The Labute approximate surface area is 83.7 Å². The van der Waals surface area contributed by atoms with E-state index in [1.165, 1.54) is 11.0 Å². The van der Waals surface area contributed by atoms with Gasteiger partial charge < -0.3 is 5.43 Å². The van der Waals surface area contributed by atoms with Crippen molar-refractivity contribution < 1.29 is 0 Å². The lowest BCUT2D eigenvalue weighted by Crippen LogP contribution is -2.12. The van der Waals surface area contributed by atoms with Crippen LogP contribution in [0.4, 0.5) is 5.82 Å². The van der Waals surface area contributed by atoms with Crippen LogP contribution in [0.2, 0.25) is 0 Å². The summed E-state index contributed by atoms with van der Waals surface area (Å²) in [6.45, 7) is 0. The molecule has 0 aliphatic rings. The zero-order chi connectivity index (χ0) is 10.4. The van der Waals surface area contributed by atoms with Crippen molar-refractivity contribution in [2.75, 3.05) is 5.43 Å². The highest BCUT2D eigenvalue weighted by Gasteiger charge is 2.12. The summed E-state index contributed by atoms with van der Waals surface area (Å²) in [4.78, 5) is 4.10. The molecular formula is C7H8N8. The molecule has 0 fully saturated rings. The highest BCUT2D eigenvalue weighted by Crippen LogP contribution is 2.21. The molecule has 8 heteroatoms. The maximum Gasteiger partial charge on any atom is 0.189 e. The fourth-order valence-electron chi connectivity index (χ4n) is 1.61. The molecule has 0 saturated carbocycles. The SMILES string of the molecule is Cn1ncc2c1c(NN)nn1ncnc21. The van der Waals surface area contributed by atoms with E-state index in [9.17, 15) is 0 Å². The number of anilines is 1. The molecule has 0 spiro atoms. The number of nitrogens with zero attached hydrogens (tertiary/aromatic N) is 6. The molecule has 3 aromatic rings. The lowest BCUT2D eigenvalue weighted by molar-refractivity contribution is 0.780. The minimum absolute atomic E-state index is 0.517. The number of hydrogen-bond acceptors (Lipinski definition) is 6. The van der Waals surface area contributed by atoms with Crippen molar-refractivity contribution in [3.05, 3.63) is 12.5 Å². The van der Waals surface area contributed by atoms with Gasteiger partial charge in [-0.15, -0.1) is 14.8 Å². The van der Waals surface area contributed by atoms with Crippen molar-refractivity contribution in [1.82, 2.24) is 29.6 Å². The predicted octanol–water partition coefficient (Wildman–Crippen LogP) is -0.703. The lowest BCUT2D eigenvalue weighted by atomic mass is 10.3. The molecule has 0 amide bonds. The molecule has 3 N–H and O–H groups in total. The number of nitrogens with two attached hydrogens (primary N) is 1. The van der Waals surface area contributed by atoms with E-state index >= 15 is 0 Å². The summed E-state index contributed by atoms with van der Waals surface area (Å²) in [6.07, 6.45) is 3.15. The summed E-state index contributed by atoms with van der Waals surface area (Å²) < 4.78 is 3.10. The van der Waals surface area contributed by atoms with Gasteiger partial charge in [0.1, 0.15) is 11.8 Å². The molecule has 0 bridgehead atoms. The zero-order valence-corrected chi connectivity index (χ0v) is 7.92. The average Bonchev–Trinajstić information content (AvgIpc) is 2.83. The van der Waals surface area contributed by atoms with Gasteiger partial charge in [0.25, 0.3) is 0 Å². The van der Waals surface area contributed by atoms with Crippen LogP contribution < -0.4 is 11.3 Å². The molecule has 3 aromatic heterocycles. The van der Waals surface area contributed by atoms with Crippen molar-refractivity contribution in [3.63, 3.8) is 0 Å². The largest absolute Gasteiger partial charge is 0.305 e.